The number of aromatic nitrogens is 2. The first-order valence-corrected chi connectivity index (χ1v) is 15.2. The third kappa shape index (κ3) is 8.95. The average Bonchev–Trinajstić information content (AvgIpc) is 3.46. The first kappa shape index (κ1) is 32.4. The monoisotopic (exact) mass is 570 g/mol. The first-order chi connectivity index (χ1) is 20.7. The number of ether oxygens (including phenoxy) is 2. The van der Waals surface area contributed by atoms with Gasteiger partial charge in [0, 0.05) is 30.3 Å². The van der Waals surface area contributed by atoms with Crippen molar-refractivity contribution in [1.29, 1.82) is 0 Å². The number of nitrogens with zero attached hydrogens (tertiary/aromatic N) is 3. The predicted octanol–water partition coefficient (Wildman–Crippen LogP) is 9.14. The minimum atomic E-state index is 0.451. The zero-order valence-corrected chi connectivity index (χ0v) is 26.0. The summed E-state index contributed by atoms with van der Waals surface area (Å²) in [5, 5.41) is 3.35. The summed E-state index contributed by atoms with van der Waals surface area (Å²) in [7, 11) is 0. The van der Waals surface area contributed by atoms with Gasteiger partial charge in [0.05, 0.1) is 13.2 Å². The van der Waals surface area contributed by atoms with E-state index in [2.05, 4.69) is 55.3 Å². The number of allylic oxidation sites excluding steroid dienone is 8. The Labute approximate surface area is 251 Å². The van der Waals surface area contributed by atoms with Gasteiger partial charge in [0.1, 0.15) is 17.0 Å². The molecule has 0 saturated carbocycles. The van der Waals surface area contributed by atoms with Crippen LogP contribution in [-0.2, 0) is 9.47 Å². The standard InChI is InChI=1S/C33H40N4O3.C2H6/c1-5-9-11-17-25(14-6-2)29-24-27-31(40-29)32(37-20-22-38-23-21-37)36-33(34-27)35-30(16-8-4)39-28(15-7-3)26-18-12-10-13-19-26;1-2/h6,9-19,24H,5,7-8,20-23H2,1-4H3,(H,34,35,36);1-2H3/b11-9+,14-6-,25-17+,28-15-,30-16+;. The topological polar surface area (TPSA) is 72.7 Å². The molecule has 0 radical (unpaired) electrons. The lowest BCUT2D eigenvalue weighted by Crippen LogP contribution is -2.37. The maximum Gasteiger partial charge on any atom is 0.232 e. The van der Waals surface area contributed by atoms with Crippen LogP contribution >= 0.6 is 0 Å². The van der Waals surface area contributed by atoms with E-state index in [-0.39, 0.29) is 0 Å². The Morgan fingerprint density at radius 2 is 1.74 bits per heavy atom. The van der Waals surface area contributed by atoms with Gasteiger partial charge >= 0.3 is 0 Å². The summed E-state index contributed by atoms with van der Waals surface area (Å²) < 4.78 is 18.4. The second-order valence-corrected chi connectivity index (χ2v) is 9.30. The fourth-order valence-electron chi connectivity index (χ4n) is 4.35. The maximum absolute atomic E-state index is 6.42. The van der Waals surface area contributed by atoms with Crippen LogP contribution in [0.3, 0.4) is 0 Å². The Kier molecular flexibility index (Phi) is 13.6. The summed E-state index contributed by atoms with van der Waals surface area (Å²) in [5.41, 5.74) is 3.38. The van der Waals surface area contributed by atoms with Crippen LogP contribution in [0.4, 0.5) is 11.8 Å². The van der Waals surface area contributed by atoms with E-state index in [0.29, 0.717) is 30.6 Å². The number of hydrogen-bond donors (Lipinski definition) is 1. The number of morpholine rings is 1. The highest BCUT2D eigenvalue weighted by Crippen LogP contribution is 2.33. The molecule has 1 saturated heterocycles. The maximum atomic E-state index is 6.42. The van der Waals surface area contributed by atoms with Gasteiger partial charge in [-0.3, -0.25) is 5.32 Å². The van der Waals surface area contributed by atoms with Gasteiger partial charge in [0.15, 0.2) is 17.3 Å². The molecular weight excluding hydrogens is 524 g/mol. The molecule has 224 valence electrons. The molecule has 42 heavy (non-hydrogen) atoms. The van der Waals surface area contributed by atoms with Crippen molar-refractivity contribution in [2.24, 2.45) is 0 Å². The summed E-state index contributed by atoms with van der Waals surface area (Å²) in [6.45, 7) is 15.0. The minimum absolute atomic E-state index is 0.451. The van der Waals surface area contributed by atoms with Gasteiger partial charge in [-0.2, -0.15) is 4.98 Å². The quantitative estimate of drug-likeness (QED) is 0.172. The van der Waals surface area contributed by atoms with Crippen LogP contribution in [0, 0.1) is 0 Å². The van der Waals surface area contributed by atoms with Gasteiger partial charge < -0.3 is 18.8 Å². The largest absolute Gasteiger partial charge is 0.450 e. The van der Waals surface area contributed by atoms with Crippen molar-refractivity contribution in [3.05, 3.63) is 96.1 Å². The molecule has 1 aliphatic heterocycles. The molecule has 3 heterocycles. The average molecular weight is 571 g/mol. The van der Waals surface area contributed by atoms with Gasteiger partial charge in [0.25, 0.3) is 0 Å². The molecule has 7 heteroatoms. The Balaban J connectivity index is 0.00000237. The molecule has 1 aromatic carbocycles. The molecule has 1 fully saturated rings. The van der Waals surface area contributed by atoms with E-state index in [1.165, 1.54) is 0 Å². The molecule has 0 amide bonds. The molecular formula is C35H46N4O3. The van der Waals surface area contributed by atoms with Crippen LogP contribution < -0.4 is 10.2 Å². The SMILES string of the molecule is CC.C\C=C/C(=C\C=C\CC)c1cc2nc(N/C(=C\CC)O/C(=C\CC)c3ccccc3)nc(N3CCOCC3)c2o1. The van der Waals surface area contributed by atoms with Gasteiger partial charge in [-0.15, -0.1) is 0 Å². The number of benzene rings is 1. The minimum Gasteiger partial charge on any atom is -0.450 e. The second-order valence-electron chi connectivity index (χ2n) is 9.30. The Hall–Kier alpha value is -4.10. The second kappa shape index (κ2) is 17.7. The van der Waals surface area contributed by atoms with Crippen molar-refractivity contribution in [3.63, 3.8) is 0 Å². The van der Waals surface area contributed by atoms with Crippen LogP contribution in [0.1, 0.15) is 72.1 Å². The van der Waals surface area contributed by atoms with E-state index in [9.17, 15) is 0 Å². The summed E-state index contributed by atoms with van der Waals surface area (Å²) in [6, 6.07) is 12.1. The molecule has 4 rings (SSSR count). The zero-order valence-electron chi connectivity index (χ0n) is 26.0. The molecule has 1 N–H and O–H groups in total. The van der Waals surface area contributed by atoms with Crippen LogP contribution in [0.5, 0.6) is 0 Å². The number of rotatable bonds is 12. The van der Waals surface area contributed by atoms with Crippen molar-refractivity contribution in [2.45, 2.75) is 60.8 Å². The highest BCUT2D eigenvalue weighted by atomic mass is 16.5. The predicted molar refractivity (Wildman–Crippen MR) is 176 cm³/mol. The fourth-order valence-corrected chi connectivity index (χ4v) is 4.35. The van der Waals surface area contributed by atoms with Gasteiger partial charge in [0.2, 0.25) is 5.95 Å². The number of fused-ring (bicyclic) bond motifs is 1. The lowest BCUT2D eigenvalue weighted by molar-refractivity contribution is 0.122. The van der Waals surface area contributed by atoms with E-state index >= 15 is 0 Å². The van der Waals surface area contributed by atoms with Crippen molar-refractivity contribution in [1.82, 2.24) is 9.97 Å². The molecule has 0 aliphatic carbocycles. The third-order valence-corrected chi connectivity index (χ3v) is 6.23. The number of nitrogens with one attached hydrogen (secondary N) is 1. The van der Waals surface area contributed by atoms with Crippen molar-refractivity contribution in [2.75, 3.05) is 36.5 Å². The first-order valence-electron chi connectivity index (χ1n) is 15.2. The zero-order chi connectivity index (χ0) is 30.2. The highest BCUT2D eigenvalue weighted by molar-refractivity contribution is 5.89. The molecule has 2 aromatic heterocycles. The van der Waals surface area contributed by atoms with Crippen molar-refractivity contribution < 1.29 is 13.9 Å². The van der Waals surface area contributed by atoms with Crippen LogP contribution in [0.2, 0.25) is 0 Å². The van der Waals surface area contributed by atoms with Crippen molar-refractivity contribution in [3.8, 4) is 0 Å². The van der Waals surface area contributed by atoms with E-state index in [1.54, 1.807) is 0 Å². The van der Waals surface area contributed by atoms with Crippen LogP contribution in [0.25, 0.3) is 22.4 Å². The molecule has 0 unspecified atom stereocenters. The van der Waals surface area contributed by atoms with Crippen LogP contribution in [0.15, 0.2) is 89.2 Å². The van der Waals surface area contributed by atoms with E-state index in [4.69, 9.17) is 23.9 Å². The van der Waals surface area contributed by atoms with E-state index in [0.717, 1.165) is 66.3 Å². The highest BCUT2D eigenvalue weighted by Gasteiger charge is 2.22. The van der Waals surface area contributed by atoms with Gasteiger partial charge in [-0.25, -0.2) is 4.98 Å². The van der Waals surface area contributed by atoms with Gasteiger partial charge in [-0.1, -0.05) is 95.3 Å². The molecule has 1 aliphatic rings. The smallest absolute Gasteiger partial charge is 0.232 e. The molecule has 0 bridgehead atoms. The van der Waals surface area contributed by atoms with E-state index < -0.39 is 0 Å². The molecule has 7 nitrogen and oxygen atoms in total. The summed E-state index contributed by atoms with van der Waals surface area (Å²) in [4.78, 5) is 12.0. The van der Waals surface area contributed by atoms with E-state index in [1.807, 2.05) is 75.4 Å². The fraction of sp³-hybridized carbons (Fsp3) is 0.371. The summed E-state index contributed by atoms with van der Waals surface area (Å²) in [5.74, 6) is 3.31. The Morgan fingerprint density at radius 1 is 1.00 bits per heavy atom. The lowest BCUT2D eigenvalue weighted by atomic mass is 10.1. The lowest BCUT2D eigenvalue weighted by Gasteiger charge is -2.28. The molecule has 0 atom stereocenters. The van der Waals surface area contributed by atoms with Crippen molar-refractivity contribution >= 4 is 34.2 Å². The summed E-state index contributed by atoms with van der Waals surface area (Å²) >= 11 is 0. The van der Waals surface area contributed by atoms with Gasteiger partial charge in [-0.05, 0) is 38.3 Å². The third-order valence-electron chi connectivity index (χ3n) is 6.23. The normalized spacial score (nSPS) is 14.9. The summed E-state index contributed by atoms with van der Waals surface area (Å²) in [6.07, 6.45) is 17.0. The Morgan fingerprint density at radius 3 is 2.40 bits per heavy atom. The Bertz CT molecular complexity index is 1390. The number of furan rings is 1. The molecule has 0 spiro atoms. The number of hydrogen-bond acceptors (Lipinski definition) is 7. The molecule has 3 aromatic rings. The number of anilines is 2. The van der Waals surface area contributed by atoms with Crippen LogP contribution in [-0.4, -0.2) is 36.3 Å².